The summed E-state index contributed by atoms with van der Waals surface area (Å²) in [4.78, 5) is 24.8. The summed E-state index contributed by atoms with van der Waals surface area (Å²) in [5.41, 5.74) is 7.63. The van der Waals surface area contributed by atoms with Gasteiger partial charge in [-0.2, -0.15) is 0 Å². The first-order valence-corrected chi connectivity index (χ1v) is 14.7. The summed E-state index contributed by atoms with van der Waals surface area (Å²) in [5.74, 6) is 1.85. The molecule has 0 N–H and O–H groups in total. The summed E-state index contributed by atoms with van der Waals surface area (Å²) in [6.07, 6.45) is 1.81. The van der Waals surface area contributed by atoms with Gasteiger partial charge in [0.1, 0.15) is 0 Å². The van der Waals surface area contributed by atoms with Gasteiger partial charge >= 0.3 is 0 Å². The molecule has 5 heteroatoms. The summed E-state index contributed by atoms with van der Waals surface area (Å²) in [6.45, 7) is 4.15. The van der Waals surface area contributed by atoms with Crippen molar-refractivity contribution in [3.05, 3.63) is 139 Å². The lowest BCUT2D eigenvalue weighted by Crippen LogP contribution is -2.01. The van der Waals surface area contributed by atoms with Crippen LogP contribution in [0, 0.1) is 13.8 Å². The van der Waals surface area contributed by atoms with Crippen LogP contribution < -0.4 is 0 Å². The van der Waals surface area contributed by atoms with Crippen molar-refractivity contribution in [3.63, 3.8) is 0 Å². The molecule has 208 valence electrons. The van der Waals surface area contributed by atoms with Gasteiger partial charge in [-0.3, -0.25) is 4.98 Å². The third kappa shape index (κ3) is 4.56. The van der Waals surface area contributed by atoms with E-state index in [4.69, 9.17) is 24.9 Å². The minimum atomic E-state index is 0.588. The third-order valence-corrected chi connectivity index (χ3v) is 8.11. The molecule has 0 saturated heterocycles. The van der Waals surface area contributed by atoms with Crippen molar-refractivity contribution in [3.8, 4) is 45.6 Å². The van der Waals surface area contributed by atoms with E-state index in [0.29, 0.717) is 17.5 Å². The first kappa shape index (κ1) is 25.9. The Hall–Kier alpha value is -5.81. The maximum Gasteiger partial charge on any atom is 0.164 e. The van der Waals surface area contributed by atoms with Crippen molar-refractivity contribution in [2.75, 3.05) is 0 Å². The standard InChI is InChI=1S/C39H27N5/c1-24-11-15-27(16-12-24)37-42-38(28-17-13-25(2)14-18-28)44-39(43-37)29-21-22-40-34(23-29)36-32-20-19-26-7-3-4-8-30(26)35(32)31-9-5-6-10-33(31)41-36/h3-23H,1-2H3. The number of para-hydroxylation sites is 1. The number of hydrogen-bond donors (Lipinski definition) is 0. The van der Waals surface area contributed by atoms with Crippen molar-refractivity contribution in [2.24, 2.45) is 0 Å². The number of aryl methyl sites for hydroxylation is 2. The monoisotopic (exact) mass is 565 g/mol. The fourth-order valence-electron chi connectivity index (χ4n) is 5.79. The van der Waals surface area contributed by atoms with Crippen LogP contribution >= 0.6 is 0 Å². The molecule has 0 bridgehead atoms. The van der Waals surface area contributed by atoms with Crippen molar-refractivity contribution in [2.45, 2.75) is 13.8 Å². The molecule has 8 rings (SSSR count). The minimum absolute atomic E-state index is 0.588. The van der Waals surface area contributed by atoms with Crippen LogP contribution in [0.25, 0.3) is 78.0 Å². The molecule has 3 heterocycles. The molecule has 0 amide bonds. The molecule has 0 aliphatic heterocycles. The topological polar surface area (TPSA) is 64.5 Å². The van der Waals surface area contributed by atoms with Crippen LogP contribution in [0.3, 0.4) is 0 Å². The lowest BCUT2D eigenvalue weighted by atomic mass is 9.96. The molecular weight excluding hydrogens is 538 g/mol. The van der Waals surface area contributed by atoms with Crippen LogP contribution in [0.2, 0.25) is 0 Å². The van der Waals surface area contributed by atoms with Gasteiger partial charge in [-0.1, -0.05) is 114 Å². The zero-order chi connectivity index (χ0) is 29.6. The fraction of sp³-hybridized carbons (Fsp3) is 0.0513. The van der Waals surface area contributed by atoms with E-state index >= 15 is 0 Å². The normalized spacial score (nSPS) is 11.4. The predicted octanol–water partition coefficient (Wildman–Crippen LogP) is 9.41. The van der Waals surface area contributed by atoms with Gasteiger partial charge < -0.3 is 0 Å². The smallest absolute Gasteiger partial charge is 0.164 e. The Morgan fingerprint density at radius 2 is 1.05 bits per heavy atom. The zero-order valence-corrected chi connectivity index (χ0v) is 24.4. The second-order valence-electron chi connectivity index (χ2n) is 11.2. The molecule has 0 fully saturated rings. The number of aromatic nitrogens is 5. The molecule has 0 aliphatic rings. The molecule has 0 atom stereocenters. The number of rotatable bonds is 4. The fourth-order valence-corrected chi connectivity index (χ4v) is 5.79. The Morgan fingerprint density at radius 3 is 1.73 bits per heavy atom. The first-order valence-electron chi connectivity index (χ1n) is 14.7. The number of nitrogens with zero attached hydrogens (tertiary/aromatic N) is 5. The van der Waals surface area contributed by atoms with Crippen molar-refractivity contribution < 1.29 is 0 Å². The second kappa shape index (κ2) is 10.5. The van der Waals surface area contributed by atoms with Gasteiger partial charge in [0.25, 0.3) is 0 Å². The molecule has 0 radical (unpaired) electrons. The molecule has 3 aromatic heterocycles. The van der Waals surface area contributed by atoms with Gasteiger partial charge in [-0.25, -0.2) is 19.9 Å². The highest BCUT2D eigenvalue weighted by Gasteiger charge is 2.17. The van der Waals surface area contributed by atoms with Crippen molar-refractivity contribution >= 4 is 32.4 Å². The van der Waals surface area contributed by atoms with E-state index in [1.807, 2.05) is 24.4 Å². The number of fused-ring (bicyclic) bond motifs is 5. The van der Waals surface area contributed by atoms with E-state index in [2.05, 4.69) is 117 Å². The minimum Gasteiger partial charge on any atom is -0.255 e. The summed E-state index contributed by atoms with van der Waals surface area (Å²) in [6, 6.07) is 41.7. The summed E-state index contributed by atoms with van der Waals surface area (Å²) in [7, 11) is 0. The zero-order valence-electron chi connectivity index (χ0n) is 24.4. The Morgan fingerprint density at radius 1 is 0.455 bits per heavy atom. The van der Waals surface area contributed by atoms with Gasteiger partial charge in [0.15, 0.2) is 17.5 Å². The molecule has 8 aromatic rings. The SMILES string of the molecule is Cc1ccc(-c2nc(-c3ccc(C)cc3)nc(-c3ccnc(-c4nc5ccccc5c5c4ccc4ccccc45)c3)n2)cc1. The lowest BCUT2D eigenvalue weighted by molar-refractivity contribution is 1.07. The van der Waals surface area contributed by atoms with Gasteiger partial charge in [0.2, 0.25) is 0 Å². The maximum atomic E-state index is 5.15. The van der Waals surface area contributed by atoms with E-state index in [1.165, 1.54) is 27.3 Å². The van der Waals surface area contributed by atoms with Crippen LogP contribution in [-0.4, -0.2) is 24.9 Å². The summed E-state index contributed by atoms with van der Waals surface area (Å²) >= 11 is 0. The number of hydrogen-bond acceptors (Lipinski definition) is 5. The average molecular weight is 566 g/mol. The van der Waals surface area contributed by atoms with Gasteiger partial charge in [0.05, 0.1) is 16.9 Å². The molecule has 5 nitrogen and oxygen atoms in total. The Balaban J connectivity index is 1.34. The van der Waals surface area contributed by atoms with Crippen LogP contribution in [0.4, 0.5) is 0 Å². The molecule has 0 spiro atoms. The lowest BCUT2D eigenvalue weighted by Gasteiger charge is -2.13. The van der Waals surface area contributed by atoms with E-state index < -0.39 is 0 Å². The first-order chi connectivity index (χ1) is 21.6. The maximum absolute atomic E-state index is 5.15. The highest BCUT2D eigenvalue weighted by molar-refractivity contribution is 6.22. The highest BCUT2D eigenvalue weighted by atomic mass is 15.0. The molecular formula is C39H27N5. The van der Waals surface area contributed by atoms with E-state index in [9.17, 15) is 0 Å². The highest BCUT2D eigenvalue weighted by Crippen LogP contribution is 2.37. The van der Waals surface area contributed by atoms with Crippen LogP contribution in [0.15, 0.2) is 128 Å². The molecule has 44 heavy (non-hydrogen) atoms. The number of benzene rings is 5. The van der Waals surface area contributed by atoms with Gasteiger partial charge in [0, 0.05) is 39.0 Å². The predicted molar refractivity (Wildman–Crippen MR) is 179 cm³/mol. The van der Waals surface area contributed by atoms with Gasteiger partial charge in [-0.15, -0.1) is 0 Å². The van der Waals surface area contributed by atoms with Crippen molar-refractivity contribution in [1.82, 2.24) is 24.9 Å². The van der Waals surface area contributed by atoms with E-state index in [0.717, 1.165) is 44.4 Å². The van der Waals surface area contributed by atoms with Crippen LogP contribution in [0.5, 0.6) is 0 Å². The Bertz CT molecular complexity index is 2260. The molecule has 5 aromatic carbocycles. The summed E-state index contributed by atoms with van der Waals surface area (Å²) < 4.78 is 0. The molecule has 0 saturated carbocycles. The number of pyridine rings is 2. The van der Waals surface area contributed by atoms with Crippen LogP contribution in [0.1, 0.15) is 11.1 Å². The average Bonchev–Trinajstić information content (AvgIpc) is 3.08. The molecule has 0 unspecified atom stereocenters. The van der Waals surface area contributed by atoms with E-state index in [1.54, 1.807) is 0 Å². The quantitative estimate of drug-likeness (QED) is 0.199. The van der Waals surface area contributed by atoms with Crippen molar-refractivity contribution in [1.29, 1.82) is 0 Å². The molecule has 0 aliphatic carbocycles. The van der Waals surface area contributed by atoms with Gasteiger partial charge in [-0.05, 0) is 42.8 Å². The third-order valence-electron chi connectivity index (χ3n) is 8.11. The summed E-state index contributed by atoms with van der Waals surface area (Å²) in [5, 5.41) is 5.76. The Kier molecular flexibility index (Phi) is 6.16. The largest absolute Gasteiger partial charge is 0.255 e. The van der Waals surface area contributed by atoms with Crippen LogP contribution in [-0.2, 0) is 0 Å². The second-order valence-corrected chi connectivity index (χ2v) is 11.2. The Labute approximate surface area is 255 Å². The van der Waals surface area contributed by atoms with E-state index in [-0.39, 0.29) is 0 Å².